The molecule has 1 heterocycles. The number of nitriles is 1. The fourth-order valence-electron chi connectivity index (χ4n) is 2.62. The highest BCUT2D eigenvalue weighted by molar-refractivity contribution is 7.17. The molecule has 0 bridgehead atoms. The molecule has 4 heteroatoms. The fourth-order valence-corrected chi connectivity index (χ4v) is 3.68. The van der Waals surface area contributed by atoms with E-state index in [0.717, 1.165) is 11.5 Å². The zero-order chi connectivity index (χ0) is 15.0. The predicted molar refractivity (Wildman–Crippen MR) is 88.7 cm³/mol. The third kappa shape index (κ3) is 2.74. The molecular formula is C17H19N3S. The number of nitrogens with two attached hydrogens (primary N) is 1. The van der Waals surface area contributed by atoms with Gasteiger partial charge in [0, 0.05) is 19.2 Å². The smallest absolute Gasteiger partial charge is 0.130 e. The zero-order valence-electron chi connectivity index (χ0n) is 12.4. The van der Waals surface area contributed by atoms with Gasteiger partial charge in [-0.2, -0.15) is 5.26 Å². The Bertz CT molecular complexity index is 690. The SMILES string of the molecule is Cc1ccc(CN(C)c2sc(C#N)c(N)c2C2CC2)cc1. The van der Waals surface area contributed by atoms with Crippen LogP contribution in [0.25, 0.3) is 0 Å². The highest BCUT2D eigenvalue weighted by Gasteiger charge is 2.32. The number of hydrogen-bond acceptors (Lipinski definition) is 4. The molecule has 1 aliphatic rings. The highest BCUT2D eigenvalue weighted by atomic mass is 32.1. The standard InChI is InChI=1S/C17H19N3S/c1-11-3-5-12(6-4-11)10-20(2)17-15(13-7-8-13)16(19)14(9-18)21-17/h3-6,13H,7-8,10,19H2,1-2H3. The molecule has 1 aliphatic carbocycles. The van der Waals surface area contributed by atoms with Gasteiger partial charge in [-0.3, -0.25) is 0 Å². The van der Waals surface area contributed by atoms with E-state index in [-0.39, 0.29) is 0 Å². The van der Waals surface area contributed by atoms with Crippen LogP contribution in [0, 0.1) is 18.3 Å². The molecule has 3 nitrogen and oxygen atoms in total. The van der Waals surface area contributed by atoms with Crippen molar-refractivity contribution in [3.05, 3.63) is 45.8 Å². The Labute approximate surface area is 129 Å². The molecular weight excluding hydrogens is 278 g/mol. The van der Waals surface area contributed by atoms with Crippen molar-refractivity contribution in [2.24, 2.45) is 0 Å². The molecule has 0 spiro atoms. The molecule has 1 aromatic heterocycles. The van der Waals surface area contributed by atoms with Crippen molar-refractivity contribution in [3.63, 3.8) is 0 Å². The van der Waals surface area contributed by atoms with Crippen molar-refractivity contribution in [2.75, 3.05) is 17.7 Å². The largest absolute Gasteiger partial charge is 0.397 e. The number of nitrogens with zero attached hydrogens (tertiary/aromatic N) is 2. The molecule has 1 aromatic carbocycles. The van der Waals surface area contributed by atoms with E-state index >= 15 is 0 Å². The van der Waals surface area contributed by atoms with Gasteiger partial charge in [-0.25, -0.2) is 0 Å². The summed E-state index contributed by atoms with van der Waals surface area (Å²) in [5.41, 5.74) is 10.6. The van der Waals surface area contributed by atoms with Crippen molar-refractivity contribution < 1.29 is 0 Å². The second-order valence-corrected chi connectivity index (χ2v) is 6.79. The summed E-state index contributed by atoms with van der Waals surface area (Å²) in [6.45, 7) is 2.93. The summed E-state index contributed by atoms with van der Waals surface area (Å²) in [5.74, 6) is 0.554. The van der Waals surface area contributed by atoms with Crippen molar-refractivity contribution in [2.45, 2.75) is 32.2 Å². The van der Waals surface area contributed by atoms with Crippen LogP contribution >= 0.6 is 11.3 Å². The van der Waals surface area contributed by atoms with Gasteiger partial charge in [-0.05, 0) is 31.2 Å². The topological polar surface area (TPSA) is 53.0 Å². The van der Waals surface area contributed by atoms with Crippen molar-refractivity contribution in [1.82, 2.24) is 0 Å². The number of thiophene rings is 1. The Morgan fingerprint density at radius 3 is 2.57 bits per heavy atom. The van der Waals surface area contributed by atoms with Crippen LogP contribution in [0.15, 0.2) is 24.3 Å². The Hall–Kier alpha value is -1.99. The van der Waals surface area contributed by atoms with Crippen molar-refractivity contribution in [3.8, 4) is 6.07 Å². The average molecular weight is 297 g/mol. The molecule has 0 amide bonds. The van der Waals surface area contributed by atoms with Gasteiger partial charge in [0.05, 0.1) is 10.7 Å². The Morgan fingerprint density at radius 1 is 1.33 bits per heavy atom. The van der Waals surface area contributed by atoms with E-state index in [1.165, 1.54) is 40.9 Å². The lowest BCUT2D eigenvalue weighted by atomic mass is 10.1. The van der Waals surface area contributed by atoms with Gasteiger partial charge in [0.1, 0.15) is 10.9 Å². The van der Waals surface area contributed by atoms with Gasteiger partial charge in [0.2, 0.25) is 0 Å². The fraction of sp³-hybridized carbons (Fsp3) is 0.353. The normalized spacial score (nSPS) is 14.0. The summed E-state index contributed by atoms with van der Waals surface area (Å²) >= 11 is 1.52. The molecule has 1 fully saturated rings. The monoisotopic (exact) mass is 297 g/mol. The first kappa shape index (κ1) is 14.0. The third-order valence-corrected chi connectivity index (χ3v) is 5.18. The van der Waals surface area contributed by atoms with Crippen LogP contribution in [0.2, 0.25) is 0 Å². The lowest BCUT2D eigenvalue weighted by molar-refractivity contribution is 0.921. The van der Waals surface area contributed by atoms with Crippen LogP contribution in [-0.2, 0) is 6.54 Å². The summed E-state index contributed by atoms with van der Waals surface area (Å²) in [6.07, 6.45) is 2.38. The van der Waals surface area contributed by atoms with E-state index in [9.17, 15) is 5.26 Å². The lowest BCUT2D eigenvalue weighted by Crippen LogP contribution is -2.16. The van der Waals surface area contributed by atoms with E-state index < -0.39 is 0 Å². The van der Waals surface area contributed by atoms with Crippen LogP contribution in [0.4, 0.5) is 10.7 Å². The van der Waals surface area contributed by atoms with Crippen molar-refractivity contribution in [1.29, 1.82) is 5.26 Å². The van der Waals surface area contributed by atoms with Crippen LogP contribution in [0.3, 0.4) is 0 Å². The van der Waals surface area contributed by atoms with Crippen LogP contribution < -0.4 is 10.6 Å². The van der Waals surface area contributed by atoms with Gasteiger partial charge in [-0.1, -0.05) is 29.8 Å². The number of nitrogen functional groups attached to an aromatic ring is 1. The predicted octanol–water partition coefficient (Wildman–Crippen LogP) is 4.02. The number of rotatable bonds is 4. The number of benzene rings is 1. The Morgan fingerprint density at radius 2 is 2.00 bits per heavy atom. The summed E-state index contributed by atoms with van der Waals surface area (Å²) in [4.78, 5) is 2.88. The highest BCUT2D eigenvalue weighted by Crippen LogP contribution is 2.51. The number of aryl methyl sites for hydroxylation is 1. The molecule has 3 rings (SSSR count). The van der Waals surface area contributed by atoms with E-state index in [0.29, 0.717) is 16.5 Å². The molecule has 1 saturated carbocycles. The maximum Gasteiger partial charge on any atom is 0.130 e. The van der Waals surface area contributed by atoms with Gasteiger partial charge >= 0.3 is 0 Å². The maximum atomic E-state index is 9.22. The first-order chi connectivity index (χ1) is 10.1. The molecule has 21 heavy (non-hydrogen) atoms. The lowest BCUT2D eigenvalue weighted by Gasteiger charge is -2.19. The van der Waals surface area contributed by atoms with E-state index in [4.69, 9.17) is 5.73 Å². The first-order valence-corrected chi connectivity index (χ1v) is 8.00. The summed E-state index contributed by atoms with van der Waals surface area (Å²) in [5, 5.41) is 10.4. The van der Waals surface area contributed by atoms with Crippen molar-refractivity contribution >= 4 is 22.0 Å². The van der Waals surface area contributed by atoms with Crippen LogP contribution in [-0.4, -0.2) is 7.05 Å². The zero-order valence-corrected chi connectivity index (χ0v) is 13.2. The van der Waals surface area contributed by atoms with Crippen LogP contribution in [0.5, 0.6) is 0 Å². The molecule has 0 atom stereocenters. The van der Waals surface area contributed by atoms with Gasteiger partial charge in [-0.15, -0.1) is 11.3 Å². The summed E-state index contributed by atoms with van der Waals surface area (Å²) in [7, 11) is 2.08. The summed E-state index contributed by atoms with van der Waals surface area (Å²) < 4.78 is 0. The minimum Gasteiger partial charge on any atom is -0.397 e. The molecule has 108 valence electrons. The van der Waals surface area contributed by atoms with Gasteiger partial charge in [0.15, 0.2) is 0 Å². The minimum atomic E-state index is 0.554. The molecule has 2 N–H and O–H groups in total. The maximum absolute atomic E-state index is 9.22. The van der Waals surface area contributed by atoms with Gasteiger partial charge in [0.25, 0.3) is 0 Å². The van der Waals surface area contributed by atoms with E-state index in [2.05, 4.69) is 49.2 Å². The van der Waals surface area contributed by atoms with E-state index in [1.807, 2.05) is 0 Å². The van der Waals surface area contributed by atoms with Crippen LogP contribution in [0.1, 0.15) is 40.3 Å². The molecule has 0 unspecified atom stereocenters. The number of anilines is 2. The average Bonchev–Trinajstić information content (AvgIpc) is 3.25. The number of hydrogen-bond donors (Lipinski definition) is 1. The molecule has 2 aromatic rings. The molecule has 0 radical (unpaired) electrons. The Balaban J connectivity index is 1.89. The molecule has 0 aliphatic heterocycles. The van der Waals surface area contributed by atoms with E-state index in [1.54, 1.807) is 0 Å². The Kier molecular flexibility index (Phi) is 3.60. The summed E-state index contributed by atoms with van der Waals surface area (Å²) in [6, 6.07) is 10.8. The second-order valence-electron chi connectivity index (χ2n) is 5.79. The minimum absolute atomic E-state index is 0.554. The first-order valence-electron chi connectivity index (χ1n) is 7.19. The molecule has 0 saturated heterocycles. The quantitative estimate of drug-likeness (QED) is 0.927. The second kappa shape index (κ2) is 5.42. The van der Waals surface area contributed by atoms with Gasteiger partial charge < -0.3 is 10.6 Å². The third-order valence-electron chi connectivity index (χ3n) is 3.94.